The highest BCUT2D eigenvalue weighted by Gasteiger charge is 2.29. The number of fused-ring (bicyclic) bond motifs is 3. The Morgan fingerprint density at radius 2 is 1.61 bits per heavy atom. The van der Waals surface area contributed by atoms with Crippen LogP contribution in [0.15, 0.2) is 72.8 Å². The van der Waals surface area contributed by atoms with Crippen LogP contribution in [0.2, 0.25) is 0 Å². The number of carboxylic acid groups (broad SMARTS) is 1. The van der Waals surface area contributed by atoms with E-state index in [1.54, 1.807) is 0 Å². The van der Waals surface area contributed by atoms with E-state index >= 15 is 0 Å². The molecular weight excluding hydrogens is 390 g/mol. The number of benzene rings is 3. The Hall–Kier alpha value is -3.60. The van der Waals surface area contributed by atoms with Gasteiger partial charge in [0.1, 0.15) is 6.61 Å². The SMILES string of the molecule is Cc1cccc(C[C@@H](CC(=O)O)NC(=O)OCC2c3ccccc3-c3ccccc32)c1. The second-order valence-electron chi connectivity index (χ2n) is 7.96. The van der Waals surface area contributed by atoms with E-state index in [9.17, 15) is 14.7 Å². The first kappa shape index (κ1) is 20.7. The van der Waals surface area contributed by atoms with Crippen LogP contribution in [0.5, 0.6) is 0 Å². The minimum atomic E-state index is -0.961. The third kappa shape index (κ3) is 4.77. The summed E-state index contributed by atoms with van der Waals surface area (Å²) in [5.74, 6) is -0.996. The van der Waals surface area contributed by atoms with Crippen molar-refractivity contribution in [1.29, 1.82) is 0 Å². The van der Waals surface area contributed by atoms with Crippen LogP contribution >= 0.6 is 0 Å². The third-order valence-electron chi connectivity index (χ3n) is 5.65. The maximum Gasteiger partial charge on any atom is 0.407 e. The molecule has 5 nitrogen and oxygen atoms in total. The van der Waals surface area contributed by atoms with Crippen molar-refractivity contribution in [2.24, 2.45) is 0 Å². The van der Waals surface area contributed by atoms with Gasteiger partial charge in [-0.1, -0.05) is 78.4 Å². The topological polar surface area (TPSA) is 75.6 Å². The molecule has 0 radical (unpaired) electrons. The lowest BCUT2D eigenvalue weighted by atomic mass is 9.98. The van der Waals surface area contributed by atoms with E-state index in [0.717, 1.165) is 33.4 Å². The Bertz CT molecular complexity index is 1060. The molecule has 3 aromatic carbocycles. The molecule has 0 bridgehead atoms. The Morgan fingerprint density at radius 1 is 0.968 bits per heavy atom. The quantitative estimate of drug-likeness (QED) is 0.574. The predicted molar refractivity (Wildman–Crippen MR) is 119 cm³/mol. The van der Waals surface area contributed by atoms with Crippen molar-refractivity contribution in [3.05, 3.63) is 95.1 Å². The summed E-state index contributed by atoms with van der Waals surface area (Å²) < 4.78 is 5.57. The average Bonchev–Trinajstić information content (AvgIpc) is 3.06. The predicted octanol–water partition coefficient (Wildman–Crippen LogP) is 4.92. The van der Waals surface area contributed by atoms with Gasteiger partial charge in [0.15, 0.2) is 0 Å². The van der Waals surface area contributed by atoms with Crippen LogP contribution in [0.1, 0.15) is 34.6 Å². The molecule has 31 heavy (non-hydrogen) atoms. The van der Waals surface area contributed by atoms with Gasteiger partial charge < -0.3 is 15.2 Å². The van der Waals surface area contributed by atoms with Crippen molar-refractivity contribution in [3.63, 3.8) is 0 Å². The summed E-state index contributed by atoms with van der Waals surface area (Å²) in [5, 5.41) is 12.0. The largest absolute Gasteiger partial charge is 0.481 e. The number of amides is 1. The van der Waals surface area contributed by atoms with E-state index < -0.39 is 18.1 Å². The third-order valence-corrected chi connectivity index (χ3v) is 5.65. The van der Waals surface area contributed by atoms with Gasteiger partial charge in [0.25, 0.3) is 0 Å². The van der Waals surface area contributed by atoms with E-state index in [1.165, 1.54) is 0 Å². The van der Waals surface area contributed by atoms with Crippen LogP contribution in [0.3, 0.4) is 0 Å². The van der Waals surface area contributed by atoms with Crippen LogP contribution < -0.4 is 5.32 Å². The molecule has 0 aliphatic heterocycles. The number of hydrogen-bond acceptors (Lipinski definition) is 3. The van der Waals surface area contributed by atoms with Crippen molar-refractivity contribution >= 4 is 12.1 Å². The monoisotopic (exact) mass is 415 g/mol. The summed E-state index contributed by atoms with van der Waals surface area (Å²) in [6.07, 6.45) is -0.336. The summed E-state index contributed by atoms with van der Waals surface area (Å²) in [6, 6.07) is 23.6. The molecule has 1 aliphatic carbocycles. The Labute approximate surface area is 181 Å². The lowest BCUT2D eigenvalue weighted by Gasteiger charge is -2.19. The van der Waals surface area contributed by atoms with E-state index in [4.69, 9.17) is 4.74 Å². The molecule has 1 aliphatic rings. The molecule has 158 valence electrons. The Balaban J connectivity index is 1.43. The number of carbonyl (C=O) groups excluding carboxylic acids is 1. The fourth-order valence-electron chi connectivity index (χ4n) is 4.32. The molecule has 0 saturated heterocycles. The van der Waals surface area contributed by atoms with Gasteiger partial charge in [-0.3, -0.25) is 4.79 Å². The number of aliphatic carboxylic acids is 1. The number of alkyl carbamates (subject to hydrolysis) is 1. The zero-order chi connectivity index (χ0) is 21.8. The molecule has 0 fully saturated rings. The lowest BCUT2D eigenvalue weighted by Crippen LogP contribution is -2.39. The number of carboxylic acids is 1. The van der Waals surface area contributed by atoms with Gasteiger partial charge in [0, 0.05) is 12.0 Å². The summed E-state index contributed by atoms with van der Waals surface area (Å²) in [7, 11) is 0. The van der Waals surface area contributed by atoms with Crippen molar-refractivity contribution in [1.82, 2.24) is 5.32 Å². The minimum absolute atomic E-state index is 0.0344. The molecule has 3 aromatic rings. The molecular formula is C26H25NO4. The summed E-state index contributed by atoms with van der Waals surface area (Å²) >= 11 is 0. The van der Waals surface area contributed by atoms with Gasteiger partial charge in [0.2, 0.25) is 0 Å². The number of nitrogens with one attached hydrogen (secondary N) is 1. The maximum atomic E-state index is 12.5. The molecule has 5 heteroatoms. The van der Waals surface area contributed by atoms with E-state index in [2.05, 4.69) is 29.6 Å². The van der Waals surface area contributed by atoms with Crippen molar-refractivity contribution in [3.8, 4) is 11.1 Å². The van der Waals surface area contributed by atoms with Crippen LogP contribution in [0.25, 0.3) is 11.1 Å². The van der Waals surface area contributed by atoms with E-state index in [-0.39, 0.29) is 18.9 Å². The molecule has 0 spiro atoms. The highest BCUT2D eigenvalue weighted by Crippen LogP contribution is 2.44. The molecule has 0 heterocycles. The highest BCUT2D eigenvalue weighted by molar-refractivity contribution is 5.79. The van der Waals surface area contributed by atoms with E-state index in [0.29, 0.717) is 6.42 Å². The lowest BCUT2D eigenvalue weighted by molar-refractivity contribution is -0.137. The zero-order valence-corrected chi connectivity index (χ0v) is 17.4. The molecule has 4 rings (SSSR count). The van der Waals surface area contributed by atoms with Crippen LogP contribution in [-0.4, -0.2) is 29.8 Å². The minimum Gasteiger partial charge on any atom is -0.481 e. The summed E-state index contributed by atoms with van der Waals surface area (Å²) in [5.41, 5.74) is 6.67. The van der Waals surface area contributed by atoms with Crippen molar-refractivity contribution in [2.45, 2.75) is 31.7 Å². The van der Waals surface area contributed by atoms with Gasteiger partial charge in [-0.05, 0) is 41.2 Å². The van der Waals surface area contributed by atoms with Gasteiger partial charge in [0.05, 0.1) is 6.42 Å². The number of carbonyl (C=O) groups is 2. The molecule has 0 aromatic heterocycles. The summed E-state index contributed by atoms with van der Waals surface area (Å²) in [4.78, 5) is 23.8. The smallest absolute Gasteiger partial charge is 0.407 e. The summed E-state index contributed by atoms with van der Waals surface area (Å²) in [6.45, 7) is 2.18. The molecule has 2 N–H and O–H groups in total. The van der Waals surface area contributed by atoms with Crippen LogP contribution in [0, 0.1) is 6.92 Å². The molecule has 1 atom stereocenters. The van der Waals surface area contributed by atoms with Crippen molar-refractivity contribution in [2.75, 3.05) is 6.61 Å². The van der Waals surface area contributed by atoms with Gasteiger partial charge in [-0.15, -0.1) is 0 Å². The van der Waals surface area contributed by atoms with Crippen LogP contribution in [-0.2, 0) is 16.0 Å². The second kappa shape index (κ2) is 9.04. The average molecular weight is 415 g/mol. The fraction of sp³-hybridized carbons (Fsp3) is 0.231. The Morgan fingerprint density at radius 3 is 2.23 bits per heavy atom. The first-order chi connectivity index (χ1) is 15.0. The first-order valence-electron chi connectivity index (χ1n) is 10.4. The Kier molecular flexibility index (Phi) is 6.03. The highest BCUT2D eigenvalue weighted by atomic mass is 16.5. The molecule has 1 amide bonds. The second-order valence-corrected chi connectivity index (χ2v) is 7.96. The zero-order valence-electron chi connectivity index (χ0n) is 17.4. The maximum absolute atomic E-state index is 12.5. The number of rotatable bonds is 7. The van der Waals surface area contributed by atoms with Gasteiger partial charge in [-0.25, -0.2) is 4.79 Å². The molecule has 0 unspecified atom stereocenters. The number of ether oxygens (including phenoxy) is 1. The van der Waals surface area contributed by atoms with Gasteiger partial charge >= 0.3 is 12.1 Å². The number of aryl methyl sites for hydroxylation is 1. The molecule has 0 saturated carbocycles. The van der Waals surface area contributed by atoms with Crippen LogP contribution in [0.4, 0.5) is 4.79 Å². The van der Waals surface area contributed by atoms with E-state index in [1.807, 2.05) is 55.5 Å². The van der Waals surface area contributed by atoms with Crippen molar-refractivity contribution < 1.29 is 19.4 Å². The fourth-order valence-corrected chi connectivity index (χ4v) is 4.32. The number of hydrogen-bond donors (Lipinski definition) is 2. The normalized spacial score (nSPS) is 13.2. The first-order valence-corrected chi connectivity index (χ1v) is 10.4. The van der Waals surface area contributed by atoms with Gasteiger partial charge in [-0.2, -0.15) is 0 Å². The standard InChI is InChI=1S/C26H25NO4/c1-17-7-6-8-18(13-17)14-19(15-25(28)29)27-26(30)31-16-24-22-11-4-2-9-20(22)21-10-3-5-12-23(21)24/h2-13,19,24H,14-16H2,1H3,(H,27,30)(H,28,29)/t19-/m0/s1.